The predicted octanol–water partition coefficient (Wildman–Crippen LogP) is 2.44. The largest absolute Gasteiger partial charge is 0.396 e. The van der Waals surface area contributed by atoms with Crippen LogP contribution in [0.3, 0.4) is 0 Å². The van der Waals surface area contributed by atoms with Gasteiger partial charge in [-0.2, -0.15) is 0 Å². The van der Waals surface area contributed by atoms with E-state index in [1.807, 2.05) is 0 Å². The van der Waals surface area contributed by atoms with E-state index in [-0.39, 0.29) is 37.9 Å². The number of hydrogen-bond acceptors (Lipinski definition) is 2. The van der Waals surface area contributed by atoms with Gasteiger partial charge in [0.1, 0.15) is 0 Å². The summed E-state index contributed by atoms with van der Waals surface area (Å²) in [5.74, 6) is -5.92. The number of aliphatic hydroxyl groups excluding tert-OH is 1. The van der Waals surface area contributed by atoms with Crippen LogP contribution in [0, 0.1) is 23.3 Å². The van der Waals surface area contributed by atoms with Crippen molar-refractivity contribution in [1.29, 1.82) is 0 Å². The molecule has 1 rings (SSSR count). The Kier molecular flexibility index (Phi) is 6.44. The smallest absolute Gasteiger partial charge is 0.166 e. The van der Waals surface area contributed by atoms with Crippen molar-refractivity contribution in [2.24, 2.45) is 5.73 Å². The molecule has 0 amide bonds. The van der Waals surface area contributed by atoms with Gasteiger partial charge in [0.2, 0.25) is 0 Å². The number of nitrogens with two attached hydrogens (primary N) is 1. The monoisotopic (exact) mass is 273 g/mol. The number of hydrogen-bond donors (Lipinski definition) is 2. The maximum atomic E-state index is 13.2. The predicted molar refractivity (Wildman–Crippen MR) is 56.8 cm³/mol. The topological polar surface area (TPSA) is 46.2 Å². The molecule has 98 valence electrons. The van der Waals surface area contributed by atoms with Crippen LogP contribution in [0.2, 0.25) is 0 Å². The van der Waals surface area contributed by atoms with Gasteiger partial charge in [0.15, 0.2) is 23.3 Å². The highest BCUT2D eigenvalue weighted by atomic mass is 35.5. The first-order valence-electron chi connectivity index (χ1n) is 4.68. The van der Waals surface area contributed by atoms with Crippen molar-refractivity contribution < 1.29 is 22.7 Å². The molecule has 1 aromatic carbocycles. The minimum atomic E-state index is -1.48. The minimum Gasteiger partial charge on any atom is -0.396 e. The molecule has 1 atom stereocenters. The van der Waals surface area contributed by atoms with Gasteiger partial charge >= 0.3 is 0 Å². The molecule has 0 saturated heterocycles. The highest BCUT2D eigenvalue weighted by molar-refractivity contribution is 5.85. The second-order valence-electron chi connectivity index (χ2n) is 3.35. The average Bonchev–Trinajstić information content (AvgIpc) is 2.24. The van der Waals surface area contributed by atoms with Crippen LogP contribution in [0.5, 0.6) is 0 Å². The van der Waals surface area contributed by atoms with Crippen LogP contribution in [0.25, 0.3) is 0 Å². The molecular formula is C10H12ClF4NO. The summed E-state index contributed by atoms with van der Waals surface area (Å²) in [4.78, 5) is 0. The zero-order valence-corrected chi connectivity index (χ0v) is 9.54. The molecule has 0 bridgehead atoms. The minimum absolute atomic E-state index is 0. The number of aliphatic hydroxyl groups is 1. The van der Waals surface area contributed by atoms with Gasteiger partial charge in [-0.1, -0.05) is 0 Å². The van der Waals surface area contributed by atoms with Gasteiger partial charge in [-0.05, 0) is 12.8 Å². The third-order valence-electron chi connectivity index (χ3n) is 2.19. The van der Waals surface area contributed by atoms with E-state index < -0.39 is 34.9 Å². The van der Waals surface area contributed by atoms with Gasteiger partial charge in [0.25, 0.3) is 0 Å². The van der Waals surface area contributed by atoms with E-state index in [0.717, 1.165) is 0 Å². The molecule has 2 nitrogen and oxygen atoms in total. The summed E-state index contributed by atoms with van der Waals surface area (Å²) in [6.45, 7) is -0.214. The van der Waals surface area contributed by atoms with Gasteiger partial charge < -0.3 is 10.8 Å². The SMILES string of the molecule is Cl.N[C@@H](CCCO)c1c(F)c(F)cc(F)c1F. The molecule has 3 N–H and O–H groups in total. The van der Waals surface area contributed by atoms with Gasteiger partial charge in [-0.15, -0.1) is 12.4 Å². The van der Waals surface area contributed by atoms with E-state index in [1.54, 1.807) is 0 Å². The third-order valence-corrected chi connectivity index (χ3v) is 2.19. The average molecular weight is 274 g/mol. The Balaban J connectivity index is 0.00000256. The Bertz CT molecular complexity index is 363. The van der Waals surface area contributed by atoms with Gasteiger partial charge in [0, 0.05) is 24.3 Å². The molecule has 0 aliphatic heterocycles. The second kappa shape index (κ2) is 6.78. The highest BCUT2D eigenvalue weighted by Gasteiger charge is 2.23. The fourth-order valence-corrected chi connectivity index (χ4v) is 1.37. The molecule has 0 saturated carbocycles. The molecule has 0 aliphatic carbocycles. The lowest BCUT2D eigenvalue weighted by Gasteiger charge is -2.14. The van der Waals surface area contributed by atoms with Crippen molar-refractivity contribution in [3.05, 3.63) is 34.9 Å². The second-order valence-corrected chi connectivity index (χ2v) is 3.35. The summed E-state index contributed by atoms with van der Waals surface area (Å²) in [5, 5.41) is 8.52. The fourth-order valence-electron chi connectivity index (χ4n) is 1.37. The van der Waals surface area contributed by atoms with Crippen LogP contribution in [-0.2, 0) is 0 Å². The molecule has 0 aromatic heterocycles. The standard InChI is InChI=1S/C10H11F4NO.ClH/c11-5-4-6(12)10(14)8(9(5)13)7(15)2-1-3-16;/h4,7,16H,1-3,15H2;1H/t7-;/m0./s1. The molecule has 17 heavy (non-hydrogen) atoms. The zero-order chi connectivity index (χ0) is 12.3. The summed E-state index contributed by atoms with van der Waals surface area (Å²) >= 11 is 0. The van der Waals surface area contributed by atoms with E-state index in [4.69, 9.17) is 10.8 Å². The van der Waals surface area contributed by atoms with Crippen LogP contribution in [0.15, 0.2) is 6.07 Å². The first-order valence-corrected chi connectivity index (χ1v) is 4.68. The van der Waals surface area contributed by atoms with Crippen molar-refractivity contribution in [2.45, 2.75) is 18.9 Å². The van der Waals surface area contributed by atoms with Gasteiger partial charge in [-0.3, -0.25) is 0 Å². The molecule has 1 aromatic rings. The normalized spacial score (nSPS) is 12.1. The quantitative estimate of drug-likeness (QED) is 0.654. The summed E-state index contributed by atoms with van der Waals surface area (Å²) < 4.78 is 52.0. The molecule has 0 fully saturated rings. The van der Waals surface area contributed by atoms with Crippen LogP contribution in [-0.4, -0.2) is 11.7 Å². The number of halogens is 5. The molecule has 0 unspecified atom stereocenters. The van der Waals surface area contributed by atoms with Crippen LogP contribution < -0.4 is 5.73 Å². The fraction of sp³-hybridized carbons (Fsp3) is 0.400. The van der Waals surface area contributed by atoms with E-state index in [9.17, 15) is 17.6 Å². The third kappa shape index (κ3) is 3.55. The molecule has 0 heterocycles. The van der Waals surface area contributed by atoms with Crippen molar-refractivity contribution in [2.75, 3.05) is 6.61 Å². The lowest BCUT2D eigenvalue weighted by molar-refractivity contribution is 0.278. The number of benzene rings is 1. The van der Waals surface area contributed by atoms with Crippen molar-refractivity contribution in [1.82, 2.24) is 0 Å². The van der Waals surface area contributed by atoms with Crippen molar-refractivity contribution >= 4 is 12.4 Å². The molecule has 0 aliphatic rings. The van der Waals surface area contributed by atoms with E-state index >= 15 is 0 Å². The van der Waals surface area contributed by atoms with Crippen molar-refractivity contribution in [3.8, 4) is 0 Å². The summed E-state index contributed by atoms with van der Waals surface area (Å²) in [5.41, 5.74) is 4.58. The van der Waals surface area contributed by atoms with Crippen LogP contribution in [0.1, 0.15) is 24.4 Å². The Morgan fingerprint density at radius 3 is 2.00 bits per heavy atom. The lowest BCUT2D eigenvalue weighted by Crippen LogP contribution is -2.17. The van der Waals surface area contributed by atoms with Crippen LogP contribution in [0.4, 0.5) is 17.6 Å². The Labute approximate surface area is 102 Å². The zero-order valence-electron chi connectivity index (χ0n) is 8.72. The first-order chi connectivity index (χ1) is 7.49. The summed E-state index contributed by atoms with van der Waals surface area (Å²) in [6.07, 6.45) is 0.228. The molecule has 7 heteroatoms. The van der Waals surface area contributed by atoms with E-state index in [0.29, 0.717) is 0 Å². The van der Waals surface area contributed by atoms with Crippen molar-refractivity contribution in [3.63, 3.8) is 0 Å². The Morgan fingerprint density at radius 1 is 1.12 bits per heavy atom. The Morgan fingerprint density at radius 2 is 1.59 bits per heavy atom. The molecule has 0 spiro atoms. The summed E-state index contributed by atoms with van der Waals surface area (Å²) in [7, 11) is 0. The maximum Gasteiger partial charge on any atom is 0.166 e. The summed E-state index contributed by atoms with van der Waals surface area (Å²) in [6, 6.07) is -1.05. The number of rotatable bonds is 4. The molecule has 0 radical (unpaired) electrons. The highest BCUT2D eigenvalue weighted by Crippen LogP contribution is 2.26. The van der Waals surface area contributed by atoms with Gasteiger partial charge in [-0.25, -0.2) is 17.6 Å². The Hall–Kier alpha value is -0.850. The lowest BCUT2D eigenvalue weighted by atomic mass is 10.0. The maximum absolute atomic E-state index is 13.2. The first kappa shape index (κ1) is 16.1. The van der Waals surface area contributed by atoms with Gasteiger partial charge in [0.05, 0.1) is 0 Å². The van der Waals surface area contributed by atoms with E-state index in [2.05, 4.69) is 0 Å². The molecular weight excluding hydrogens is 262 g/mol. The van der Waals surface area contributed by atoms with E-state index in [1.165, 1.54) is 0 Å². The van der Waals surface area contributed by atoms with Crippen LogP contribution >= 0.6 is 12.4 Å².